The summed E-state index contributed by atoms with van der Waals surface area (Å²) in [6.45, 7) is 13.3. The Balaban J connectivity index is 1.62. The molecule has 0 aromatic rings. The Morgan fingerprint density at radius 3 is 2.54 bits per heavy atom. The van der Waals surface area contributed by atoms with Crippen molar-refractivity contribution in [3.63, 3.8) is 0 Å². The van der Waals surface area contributed by atoms with E-state index in [2.05, 4.69) is 32.9 Å². The minimum atomic E-state index is -0.315. The van der Waals surface area contributed by atoms with Crippen LogP contribution in [0, 0.1) is 34.5 Å². The number of nitrogens with zero attached hydrogens (tertiary/aromatic N) is 1. The van der Waals surface area contributed by atoms with E-state index in [1.165, 1.54) is 43.5 Å². The molecule has 0 aliphatic heterocycles. The van der Waals surface area contributed by atoms with Crippen LogP contribution in [0.3, 0.4) is 0 Å². The smallest absolute Gasteiger partial charge is 0.240 e. The van der Waals surface area contributed by atoms with Crippen LogP contribution in [0.2, 0.25) is 0 Å². The molecule has 0 heterocycles. The zero-order chi connectivity index (χ0) is 20.5. The lowest BCUT2D eigenvalue weighted by molar-refractivity contribution is -0.147. The Bertz CT molecular complexity index is 729. The lowest BCUT2D eigenvalue weighted by Crippen LogP contribution is -2.56. The fourth-order valence-electron chi connectivity index (χ4n) is 7.37. The number of allylic oxidation sites excluding steroid dienone is 4. The molecule has 0 spiro atoms. The molecule has 1 amide bonds. The van der Waals surface area contributed by atoms with Crippen LogP contribution < -0.4 is 5.84 Å². The Morgan fingerprint density at radius 1 is 1.14 bits per heavy atom. The second kappa shape index (κ2) is 6.45. The van der Waals surface area contributed by atoms with Crippen molar-refractivity contribution >= 4 is 5.91 Å². The predicted octanol–water partition coefficient (Wildman–Crippen LogP) is 5.62. The Hall–Kier alpha value is -1.09. The molecule has 2 saturated carbocycles. The van der Waals surface area contributed by atoms with Crippen LogP contribution in [0.4, 0.5) is 0 Å². The van der Waals surface area contributed by atoms with E-state index in [0.29, 0.717) is 11.3 Å². The molecule has 156 valence electrons. The summed E-state index contributed by atoms with van der Waals surface area (Å²) in [6, 6.07) is 0. The van der Waals surface area contributed by atoms with E-state index in [9.17, 15) is 4.79 Å². The van der Waals surface area contributed by atoms with Gasteiger partial charge in [-0.2, -0.15) is 0 Å². The van der Waals surface area contributed by atoms with Gasteiger partial charge in [0.2, 0.25) is 5.91 Å². The average Bonchev–Trinajstić information content (AvgIpc) is 2.97. The van der Waals surface area contributed by atoms with E-state index in [1.807, 2.05) is 20.8 Å². The average molecular weight is 385 g/mol. The first kappa shape index (κ1) is 20.2. The number of fused-ring (bicyclic) bond motifs is 5. The molecule has 0 aromatic heterocycles. The summed E-state index contributed by atoms with van der Waals surface area (Å²) in [5.41, 5.74) is 3.29. The number of hydrogen-bond acceptors (Lipinski definition) is 2. The fourth-order valence-corrected chi connectivity index (χ4v) is 7.37. The van der Waals surface area contributed by atoms with Crippen LogP contribution in [0.5, 0.6) is 0 Å². The second-order valence-electron chi connectivity index (χ2n) is 11.7. The van der Waals surface area contributed by atoms with Crippen LogP contribution in [0.25, 0.3) is 0 Å². The van der Waals surface area contributed by atoms with Gasteiger partial charge >= 0.3 is 0 Å². The molecule has 28 heavy (non-hydrogen) atoms. The van der Waals surface area contributed by atoms with Gasteiger partial charge in [-0.05, 0) is 107 Å². The monoisotopic (exact) mass is 384 g/mol. The number of amides is 1. The Labute approximate surface area is 171 Å². The second-order valence-corrected chi connectivity index (χ2v) is 11.7. The summed E-state index contributed by atoms with van der Waals surface area (Å²) in [5.74, 6) is 8.71. The van der Waals surface area contributed by atoms with Gasteiger partial charge in [0.25, 0.3) is 0 Å². The zero-order valence-corrected chi connectivity index (χ0v) is 18.8. The highest BCUT2D eigenvalue weighted by atomic mass is 16.2. The van der Waals surface area contributed by atoms with Crippen LogP contribution in [0.15, 0.2) is 23.3 Å². The van der Waals surface area contributed by atoms with Crippen molar-refractivity contribution in [2.75, 3.05) is 0 Å². The van der Waals surface area contributed by atoms with Crippen LogP contribution in [-0.4, -0.2) is 16.5 Å². The van der Waals surface area contributed by atoms with Gasteiger partial charge in [0, 0.05) is 5.92 Å². The van der Waals surface area contributed by atoms with Gasteiger partial charge in [0.05, 0.1) is 5.54 Å². The molecule has 0 saturated heterocycles. The summed E-state index contributed by atoms with van der Waals surface area (Å²) < 4.78 is 0. The van der Waals surface area contributed by atoms with Gasteiger partial charge in [-0.15, -0.1) is 0 Å². The Morgan fingerprint density at radius 2 is 1.86 bits per heavy atom. The molecule has 3 heteroatoms. The zero-order valence-electron chi connectivity index (χ0n) is 18.8. The highest BCUT2D eigenvalue weighted by molar-refractivity contribution is 5.80. The standard InChI is InChI=1S/C25H40N2O/c1-16-11-13-24(5)17(15-16)7-8-18-19-9-10-21(22(28)27(26)23(2,3)4)25(19,6)14-12-20(18)24/h7,15,18-21H,8-14,26H2,1-6H3/t18?,19?,20?,21-,24?,25?/m1/s1. The molecule has 4 rings (SSSR count). The van der Waals surface area contributed by atoms with Gasteiger partial charge in [-0.1, -0.05) is 31.6 Å². The molecule has 6 atom stereocenters. The molecule has 0 aromatic carbocycles. The summed E-state index contributed by atoms with van der Waals surface area (Å²) in [4.78, 5) is 13.3. The maximum atomic E-state index is 13.3. The lowest BCUT2D eigenvalue weighted by atomic mass is 9.48. The molecule has 4 aliphatic carbocycles. The summed E-state index contributed by atoms with van der Waals surface area (Å²) in [6.07, 6.45) is 13.4. The summed E-state index contributed by atoms with van der Waals surface area (Å²) in [5, 5.41) is 1.52. The largest absolute Gasteiger partial charge is 0.275 e. The molecule has 2 fully saturated rings. The van der Waals surface area contributed by atoms with Gasteiger partial charge < -0.3 is 0 Å². The van der Waals surface area contributed by atoms with E-state index in [1.54, 1.807) is 11.1 Å². The minimum absolute atomic E-state index is 0.0920. The van der Waals surface area contributed by atoms with Crippen molar-refractivity contribution in [2.45, 2.75) is 92.0 Å². The Kier molecular flexibility index (Phi) is 4.65. The van der Waals surface area contributed by atoms with Crippen LogP contribution in [0.1, 0.15) is 86.5 Å². The third kappa shape index (κ3) is 2.83. The van der Waals surface area contributed by atoms with Gasteiger partial charge in [-0.25, -0.2) is 5.84 Å². The molecular weight excluding hydrogens is 344 g/mol. The van der Waals surface area contributed by atoms with Crippen LogP contribution in [-0.2, 0) is 4.79 Å². The number of nitrogens with two attached hydrogens (primary N) is 1. The van der Waals surface area contributed by atoms with Gasteiger partial charge in [0.15, 0.2) is 0 Å². The highest BCUT2D eigenvalue weighted by Crippen LogP contribution is 2.66. The normalized spacial score (nSPS) is 42.7. The van der Waals surface area contributed by atoms with Crippen molar-refractivity contribution in [1.82, 2.24) is 5.01 Å². The molecule has 5 unspecified atom stereocenters. The van der Waals surface area contributed by atoms with Crippen molar-refractivity contribution in [2.24, 2.45) is 40.3 Å². The number of hydrazine groups is 1. The topological polar surface area (TPSA) is 46.3 Å². The lowest BCUT2D eigenvalue weighted by Gasteiger charge is -2.57. The first-order valence-electron chi connectivity index (χ1n) is 11.4. The SMILES string of the molecule is CC1=CC2=CCC3C(CCC4(C)C3CC[C@@H]4C(=O)N(N)C(C)(C)C)C2(C)CC1. The maximum absolute atomic E-state index is 13.3. The first-order valence-corrected chi connectivity index (χ1v) is 11.4. The molecule has 0 bridgehead atoms. The molecular formula is C25H40N2O. The number of carbonyl (C=O) groups is 1. The number of rotatable bonds is 1. The van der Waals surface area contributed by atoms with Crippen molar-refractivity contribution in [3.05, 3.63) is 23.3 Å². The highest BCUT2D eigenvalue weighted by Gasteiger charge is 2.60. The number of carbonyl (C=O) groups excluding carboxylic acids is 1. The van der Waals surface area contributed by atoms with E-state index >= 15 is 0 Å². The minimum Gasteiger partial charge on any atom is -0.275 e. The van der Waals surface area contributed by atoms with Crippen molar-refractivity contribution < 1.29 is 4.79 Å². The molecule has 2 N–H and O–H groups in total. The van der Waals surface area contributed by atoms with E-state index in [4.69, 9.17) is 5.84 Å². The van der Waals surface area contributed by atoms with Gasteiger partial charge in [-0.3, -0.25) is 9.80 Å². The van der Waals surface area contributed by atoms with E-state index in [0.717, 1.165) is 18.3 Å². The maximum Gasteiger partial charge on any atom is 0.240 e. The first-order chi connectivity index (χ1) is 13.0. The quantitative estimate of drug-likeness (QED) is 0.362. The summed E-state index contributed by atoms with van der Waals surface area (Å²) >= 11 is 0. The third-order valence-electron chi connectivity index (χ3n) is 9.22. The van der Waals surface area contributed by atoms with Crippen LogP contribution >= 0.6 is 0 Å². The van der Waals surface area contributed by atoms with Gasteiger partial charge in [0.1, 0.15) is 0 Å². The molecule has 3 nitrogen and oxygen atoms in total. The van der Waals surface area contributed by atoms with Crippen molar-refractivity contribution in [3.8, 4) is 0 Å². The van der Waals surface area contributed by atoms with E-state index < -0.39 is 0 Å². The molecule has 4 aliphatic rings. The van der Waals surface area contributed by atoms with Crippen molar-refractivity contribution in [1.29, 1.82) is 0 Å². The number of hydrogen-bond donors (Lipinski definition) is 1. The fraction of sp³-hybridized carbons (Fsp3) is 0.800. The molecule has 0 radical (unpaired) electrons. The summed E-state index contributed by atoms with van der Waals surface area (Å²) in [7, 11) is 0. The predicted molar refractivity (Wildman–Crippen MR) is 115 cm³/mol. The third-order valence-corrected chi connectivity index (χ3v) is 9.22. The van der Waals surface area contributed by atoms with E-state index in [-0.39, 0.29) is 22.8 Å².